The molecule has 0 saturated heterocycles. The van der Waals surface area contributed by atoms with Gasteiger partial charge in [-0.15, -0.1) is 0 Å². The molecule has 0 heterocycles. The van der Waals surface area contributed by atoms with E-state index in [0.717, 1.165) is 11.1 Å². The zero-order chi connectivity index (χ0) is 19.5. The Morgan fingerprint density at radius 3 is 2.44 bits per heavy atom. The van der Waals surface area contributed by atoms with E-state index < -0.39 is 6.09 Å². The summed E-state index contributed by atoms with van der Waals surface area (Å²) >= 11 is 0. The number of carbonyl (C=O) groups excluding carboxylic acids is 2. The van der Waals surface area contributed by atoms with Crippen LogP contribution in [0.5, 0.6) is 11.5 Å². The van der Waals surface area contributed by atoms with E-state index in [9.17, 15) is 9.59 Å². The number of amides is 1. The van der Waals surface area contributed by atoms with Crippen molar-refractivity contribution in [1.82, 2.24) is 5.32 Å². The van der Waals surface area contributed by atoms with E-state index in [1.54, 1.807) is 18.2 Å². The molecule has 0 radical (unpaired) electrons. The summed E-state index contributed by atoms with van der Waals surface area (Å²) in [5.41, 5.74) is 1.68. The van der Waals surface area contributed by atoms with Gasteiger partial charge in [-0.2, -0.15) is 0 Å². The van der Waals surface area contributed by atoms with Gasteiger partial charge in [-0.1, -0.05) is 36.4 Å². The Labute approximate surface area is 158 Å². The lowest BCUT2D eigenvalue weighted by Crippen LogP contribution is -2.28. The lowest BCUT2D eigenvalue weighted by Gasteiger charge is -2.12. The number of methoxy groups -OCH3 is 2. The molecule has 2 aromatic rings. The van der Waals surface area contributed by atoms with Crippen LogP contribution >= 0.6 is 0 Å². The van der Waals surface area contributed by atoms with Gasteiger partial charge >= 0.3 is 12.1 Å². The molecular weight excluding hydrogens is 350 g/mol. The summed E-state index contributed by atoms with van der Waals surface area (Å²) in [6.45, 7) is 0.733. The summed E-state index contributed by atoms with van der Waals surface area (Å²) in [6, 6.07) is 14.6. The van der Waals surface area contributed by atoms with Crippen LogP contribution in [0.3, 0.4) is 0 Å². The number of esters is 1. The number of rotatable bonds is 9. The lowest BCUT2D eigenvalue weighted by atomic mass is 10.1. The molecule has 1 N–H and O–H groups in total. The molecule has 2 rings (SSSR count). The van der Waals surface area contributed by atoms with Crippen molar-refractivity contribution < 1.29 is 28.5 Å². The largest absolute Gasteiger partial charge is 0.493 e. The zero-order valence-corrected chi connectivity index (χ0v) is 15.4. The third kappa shape index (κ3) is 6.89. The molecule has 0 bridgehead atoms. The Balaban J connectivity index is 1.74. The average Bonchev–Trinajstić information content (AvgIpc) is 2.71. The molecule has 2 aromatic carbocycles. The zero-order valence-electron chi connectivity index (χ0n) is 15.4. The predicted octanol–water partition coefficient (Wildman–Crippen LogP) is 2.72. The van der Waals surface area contributed by atoms with Gasteiger partial charge in [0.2, 0.25) is 0 Å². The van der Waals surface area contributed by atoms with E-state index in [1.165, 1.54) is 14.2 Å². The van der Waals surface area contributed by atoms with Crippen LogP contribution in [0.4, 0.5) is 4.79 Å². The van der Waals surface area contributed by atoms with Gasteiger partial charge in [0.05, 0.1) is 27.2 Å². The minimum absolute atomic E-state index is 0.155. The van der Waals surface area contributed by atoms with Crippen molar-refractivity contribution in [3.05, 3.63) is 59.7 Å². The average molecular weight is 373 g/mol. The van der Waals surface area contributed by atoms with Gasteiger partial charge in [0.25, 0.3) is 0 Å². The van der Waals surface area contributed by atoms with Crippen molar-refractivity contribution in [3.8, 4) is 11.5 Å². The summed E-state index contributed by atoms with van der Waals surface area (Å²) < 4.78 is 20.7. The number of hydrogen-bond donors (Lipinski definition) is 1. The second-order valence-corrected chi connectivity index (χ2v) is 5.58. The van der Waals surface area contributed by atoms with E-state index in [1.807, 2.05) is 30.3 Å². The monoisotopic (exact) mass is 373 g/mol. The highest BCUT2D eigenvalue weighted by atomic mass is 16.5. The van der Waals surface area contributed by atoms with Crippen molar-refractivity contribution in [3.63, 3.8) is 0 Å². The second kappa shape index (κ2) is 10.7. The number of carbonyl (C=O) groups is 2. The number of alkyl carbamates (subject to hydrolysis) is 1. The summed E-state index contributed by atoms with van der Waals surface area (Å²) in [5, 5.41) is 2.62. The van der Waals surface area contributed by atoms with Crippen LogP contribution in [0.25, 0.3) is 0 Å². The van der Waals surface area contributed by atoms with E-state index in [2.05, 4.69) is 10.1 Å². The van der Waals surface area contributed by atoms with Crippen LogP contribution in [-0.2, 0) is 27.3 Å². The van der Waals surface area contributed by atoms with Crippen LogP contribution in [0.2, 0.25) is 0 Å². The molecule has 7 nitrogen and oxygen atoms in total. The summed E-state index contributed by atoms with van der Waals surface area (Å²) in [6.07, 6.45) is -0.357. The molecule has 0 aliphatic heterocycles. The molecule has 0 aliphatic carbocycles. The van der Waals surface area contributed by atoms with Crippen molar-refractivity contribution in [2.45, 2.75) is 13.0 Å². The first-order valence-corrected chi connectivity index (χ1v) is 8.43. The van der Waals surface area contributed by atoms with E-state index in [-0.39, 0.29) is 32.1 Å². The molecule has 0 aromatic heterocycles. The topological polar surface area (TPSA) is 83.1 Å². The van der Waals surface area contributed by atoms with Crippen LogP contribution in [0.1, 0.15) is 11.1 Å². The van der Waals surface area contributed by atoms with Crippen molar-refractivity contribution in [2.75, 3.05) is 27.4 Å². The van der Waals surface area contributed by atoms with Crippen LogP contribution in [-0.4, -0.2) is 39.4 Å². The third-order valence-electron chi connectivity index (χ3n) is 3.65. The van der Waals surface area contributed by atoms with E-state index in [4.69, 9.17) is 14.2 Å². The maximum atomic E-state index is 11.7. The number of nitrogens with one attached hydrogen (secondary N) is 1. The Morgan fingerprint density at radius 2 is 1.74 bits per heavy atom. The smallest absolute Gasteiger partial charge is 0.407 e. The third-order valence-corrected chi connectivity index (χ3v) is 3.65. The van der Waals surface area contributed by atoms with Gasteiger partial charge in [0, 0.05) is 0 Å². The fraction of sp³-hybridized carbons (Fsp3) is 0.300. The standard InChI is InChI=1S/C20H23NO6/c1-24-18-12-16(13-19(22)25-2)8-9-17(18)26-11-10-21-20(23)27-14-15-6-4-3-5-7-15/h3-9,12H,10-11,13-14H2,1-2H3,(H,21,23). The van der Waals surface area contributed by atoms with Crippen molar-refractivity contribution in [2.24, 2.45) is 0 Å². The van der Waals surface area contributed by atoms with Gasteiger partial charge in [-0.05, 0) is 23.3 Å². The summed E-state index contributed by atoms with van der Waals surface area (Å²) in [5.74, 6) is 0.692. The molecule has 0 spiro atoms. The summed E-state index contributed by atoms with van der Waals surface area (Å²) in [4.78, 5) is 23.0. The van der Waals surface area contributed by atoms with Gasteiger partial charge < -0.3 is 24.3 Å². The molecule has 0 saturated carbocycles. The first-order valence-electron chi connectivity index (χ1n) is 8.43. The number of benzene rings is 2. The molecule has 27 heavy (non-hydrogen) atoms. The number of hydrogen-bond acceptors (Lipinski definition) is 6. The maximum absolute atomic E-state index is 11.7. The van der Waals surface area contributed by atoms with Crippen LogP contribution in [0.15, 0.2) is 48.5 Å². The molecule has 0 unspecified atom stereocenters. The highest BCUT2D eigenvalue weighted by Gasteiger charge is 2.09. The minimum Gasteiger partial charge on any atom is -0.493 e. The molecule has 144 valence electrons. The quantitative estimate of drug-likeness (QED) is 0.538. The SMILES string of the molecule is COC(=O)Cc1ccc(OCCNC(=O)OCc2ccccc2)c(OC)c1. The Kier molecular flexibility index (Phi) is 7.96. The van der Waals surface area contributed by atoms with E-state index in [0.29, 0.717) is 11.5 Å². The predicted molar refractivity (Wildman–Crippen MR) is 98.8 cm³/mol. The Bertz CT molecular complexity index is 747. The van der Waals surface area contributed by atoms with Crippen LogP contribution in [0, 0.1) is 0 Å². The number of ether oxygens (including phenoxy) is 4. The first kappa shape index (κ1) is 20.1. The normalized spacial score (nSPS) is 10.0. The van der Waals surface area contributed by atoms with Crippen LogP contribution < -0.4 is 14.8 Å². The molecule has 0 aliphatic rings. The Morgan fingerprint density at radius 1 is 0.963 bits per heavy atom. The van der Waals surface area contributed by atoms with Gasteiger partial charge in [0.1, 0.15) is 13.2 Å². The van der Waals surface area contributed by atoms with Crippen molar-refractivity contribution in [1.29, 1.82) is 0 Å². The molecular formula is C20H23NO6. The Hall–Kier alpha value is -3.22. The highest BCUT2D eigenvalue weighted by Crippen LogP contribution is 2.28. The molecule has 0 fully saturated rings. The second-order valence-electron chi connectivity index (χ2n) is 5.58. The molecule has 7 heteroatoms. The van der Waals surface area contributed by atoms with Gasteiger partial charge in [-0.25, -0.2) is 4.79 Å². The minimum atomic E-state index is -0.511. The van der Waals surface area contributed by atoms with Gasteiger partial charge in [-0.3, -0.25) is 4.79 Å². The maximum Gasteiger partial charge on any atom is 0.407 e. The molecule has 1 amide bonds. The highest BCUT2D eigenvalue weighted by molar-refractivity contribution is 5.72. The first-order chi connectivity index (χ1) is 13.1. The fourth-order valence-electron chi connectivity index (χ4n) is 2.27. The lowest BCUT2D eigenvalue weighted by molar-refractivity contribution is -0.139. The summed E-state index contributed by atoms with van der Waals surface area (Å²) in [7, 11) is 2.86. The van der Waals surface area contributed by atoms with Gasteiger partial charge in [0.15, 0.2) is 11.5 Å². The fourth-order valence-corrected chi connectivity index (χ4v) is 2.27. The molecule has 0 atom stereocenters. The van der Waals surface area contributed by atoms with E-state index >= 15 is 0 Å². The van der Waals surface area contributed by atoms with Crippen molar-refractivity contribution >= 4 is 12.1 Å².